The molecule has 3 aromatic carbocycles. The lowest BCUT2D eigenvalue weighted by molar-refractivity contribution is -0.119. The number of nitrogens with one attached hydrogen (secondary N) is 1. The van der Waals surface area contributed by atoms with Gasteiger partial charge in [0.05, 0.1) is 16.8 Å². The van der Waals surface area contributed by atoms with Crippen LogP contribution in [-0.4, -0.2) is 31.7 Å². The van der Waals surface area contributed by atoms with E-state index in [1.54, 1.807) is 36.5 Å². The van der Waals surface area contributed by atoms with E-state index in [1.165, 1.54) is 0 Å². The van der Waals surface area contributed by atoms with Crippen LogP contribution in [0.4, 0.5) is 5.69 Å². The van der Waals surface area contributed by atoms with Gasteiger partial charge in [0.25, 0.3) is 15.9 Å². The van der Waals surface area contributed by atoms with Gasteiger partial charge in [0.1, 0.15) is 6.54 Å². The van der Waals surface area contributed by atoms with E-state index in [4.69, 9.17) is 0 Å². The van der Waals surface area contributed by atoms with Gasteiger partial charge in [-0.05, 0) is 88.2 Å². The molecule has 1 heterocycles. The van der Waals surface area contributed by atoms with Crippen molar-refractivity contribution >= 4 is 43.8 Å². The summed E-state index contributed by atoms with van der Waals surface area (Å²) in [6.45, 7) is 9.16. The number of hydrazone groups is 1. The van der Waals surface area contributed by atoms with Crippen molar-refractivity contribution in [2.24, 2.45) is 5.10 Å². The fraction of sp³-hybridized carbons (Fsp3) is 0.200. The Morgan fingerprint density at radius 1 is 0.949 bits per heavy atom. The van der Waals surface area contributed by atoms with Crippen molar-refractivity contribution in [2.45, 2.75) is 39.5 Å². The van der Waals surface area contributed by atoms with E-state index in [9.17, 15) is 13.2 Å². The third kappa shape index (κ3) is 6.32. The Bertz CT molecular complexity index is 1660. The average molecular weight is 608 g/mol. The van der Waals surface area contributed by atoms with Crippen LogP contribution in [0.5, 0.6) is 0 Å². The van der Waals surface area contributed by atoms with Crippen LogP contribution >= 0.6 is 15.9 Å². The predicted octanol–water partition coefficient (Wildman–Crippen LogP) is 6.13. The molecule has 0 saturated heterocycles. The van der Waals surface area contributed by atoms with Crippen molar-refractivity contribution in [3.05, 3.63) is 111 Å². The standard InChI is InChI=1S/C30H31BrN4O3S/c1-20-10-13-28(14-11-20)39(37,38)34(29-15-21(2)9-12-22(29)3)19-30(36)33-32-18-25-16-23(4)35(24(25)5)27-8-6-7-26(31)17-27/h6-18H,19H2,1-5H3,(H,33,36)/b32-18-. The molecule has 0 aliphatic heterocycles. The van der Waals surface area contributed by atoms with E-state index in [2.05, 4.69) is 31.0 Å². The molecule has 202 valence electrons. The Morgan fingerprint density at radius 2 is 1.64 bits per heavy atom. The van der Waals surface area contributed by atoms with E-state index < -0.39 is 22.5 Å². The van der Waals surface area contributed by atoms with Gasteiger partial charge in [-0.2, -0.15) is 5.10 Å². The van der Waals surface area contributed by atoms with Crippen LogP contribution in [0.3, 0.4) is 0 Å². The van der Waals surface area contributed by atoms with Crippen molar-refractivity contribution in [1.29, 1.82) is 0 Å². The molecule has 4 aromatic rings. The van der Waals surface area contributed by atoms with Crippen molar-refractivity contribution in [1.82, 2.24) is 9.99 Å². The van der Waals surface area contributed by atoms with E-state index in [0.29, 0.717) is 5.69 Å². The lowest BCUT2D eigenvalue weighted by Gasteiger charge is -2.25. The maximum absolute atomic E-state index is 13.7. The SMILES string of the molecule is Cc1ccc(S(=O)(=O)N(CC(=O)N/N=C\c2cc(C)n(-c3cccc(Br)c3)c2C)c2cc(C)ccc2C)cc1. The number of carbonyl (C=O) groups excluding carboxylic acids is 1. The Kier molecular flexibility index (Phi) is 8.42. The molecule has 0 aliphatic rings. The quantitative estimate of drug-likeness (QED) is 0.193. The van der Waals surface area contributed by atoms with Gasteiger partial charge in [0, 0.05) is 27.1 Å². The number of aromatic nitrogens is 1. The van der Waals surface area contributed by atoms with Crippen LogP contribution in [0.2, 0.25) is 0 Å². The average Bonchev–Trinajstić information content (AvgIpc) is 3.17. The highest BCUT2D eigenvalue weighted by Gasteiger charge is 2.28. The molecular formula is C30H31BrN4O3S. The van der Waals surface area contributed by atoms with E-state index in [1.807, 2.05) is 77.1 Å². The molecule has 0 fully saturated rings. The molecule has 0 unspecified atom stereocenters. The minimum Gasteiger partial charge on any atom is -0.318 e. The molecule has 0 bridgehead atoms. The molecule has 9 heteroatoms. The summed E-state index contributed by atoms with van der Waals surface area (Å²) in [7, 11) is -4.01. The smallest absolute Gasteiger partial charge is 0.264 e. The number of hydrogen-bond donors (Lipinski definition) is 1. The van der Waals surface area contributed by atoms with Crippen molar-refractivity contribution in [2.75, 3.05) is 10.8 Å². The van der Waals surface area contributed by atoms with E-state index in [-0.39, 0.29) is 4.90 Å². The highest BCUT2D eigenvalue weighted by atomic mass is 79.9. The Morgan fingerprint density at radius 3 is 2.33 bits per heavy atom. The fourth-order valence-electron chi connectivity index (χ4n) is 4.40. The number of carbonyl (C=O) groups is 1. The minimum absolute atomic E-state index is 0.116. The first-order valence-electron chi connectivity index (χ1n) is 12.4. The summed E-state index contributed by atoms with van der Waals surface area (Å²) in [5.74, 6) is -0.552. The molecule has 0 aliphatic carbocycles. The zero-order chi connectivity index (χ0) is 28.3. The van der Waals surface area contributed by atoms with Crippen LogP contribution in [0.15, 0.2) is 87.3 Å². The number of sulfonamides is 1. The van der Waals surface area contributed by atoms with Gasteiger partial charge in [0.2, 0.25) is 0 Å². The number of hydrogen-bond acceptors (Lipinski definition) is 4. The van der Waals surface area contributed by atoms with Gasteiger partial charge in [-0.1, -0.05) is 51.8 Å². The molecule has 0 atom stereocenters. The van der Waals surface area contributed by atoms with Crippen molar-refractivity contribution < 1.29 is 13.2 Å². The number of aryl methyl sites for hydroxylation is 4. The zero-order valence-electron chi connectivity index (χ0n) is 22.6. The summed E-state index contributed by atoms with van der Waals surface area (Å²) in [6.07, 6.45) is 1.57. The van der Waals surface area contributed by atoms with E-state index in [0.717, 1.165) is 48.1 Å². The Hall–Kier alpha value is -3.69. The summed E-state index contributed by atoms with van der Waals surface area (Å²) in [5, 5.41) is 4.15. The summed E-state index contributed by atoms with van der Waals surface area (Å²) in [6, 6.07) is 22.1. The zero-order valence-corrected chi connectivity index (χ0v) is 25.0. The van der Waals surface area contributed by atoms with Gasteiger partial charge >= 0.3 is 0 Å². The number of amides is 1. The molecule has 39 heavy (non-hydrogen) atoms. The van der Waals surface area contributed by atoms with Gasteiger partial charge in [0.15, 0.2) is 0 Å². The summed E-state index contributed by atoms with van der Waals surface area (Å²) in [4.78, 5) is 13.1. The normalized spacial score (nSPS) is 11.6. The molecular weight excluding hydrogens is 576 g/mol. The number of halogens is 1. The third-order valence-electron chi connectivity index (χ3n) is 6.46. The molecule has 4 rings (SSSR count). The second kappa shape index (κ2) is 11.6. The summed E-state index contributed by atoms with van der Waals surface area (Å²) in [5.41, 5.74) is 9.36. The Balaban J connectivity index is 1.59. The van der Waals surface area contributed by atoms with E-state index >= 15 is 0 Å². The van der Waals surface area contributed by atoms with Crippen LogP contribution in [0, 0.1) is 34.6 Å². The second-order valence-electron chi connectivity index (χ2n) is 9.55. The largest absolute Gasteiger partial charge is 0.318 e. The van der Waals surface area contributed by atoms with Crippen LogP contribution in [0.25, 0.3) is 5.69 Å². The number of rotatable bonds is 8. The highest BCUT2D eigenvalue weighted by Crippen LogP contribution is 2.28. The summed E-state index contributed by atoms with van der Waals surface area (Å²) >= 11 is 3.52. The minimum atomic E-state index is -4.01. The summed E-state index contributed by atoms with van der Waals surface area (Å²) < 4.78 is 31.6. The molecule has 1 N–H and O–H groups in total. The number of anilines is 1. The molecule has 7 nitrogen and oxygen atoms in total. The number of nitrogens with zero attached hydrogens (tertiary/aromatic N) is 3. The lowest BCUT2D eigenvalue weighted by atomic mass is 10.1. The lowest BCUT2D eigenvalue weighted by Crippen LogP contribution is -2.40. The molecule has 1 aromatic heterocycles. The van der Waals surface area contributed by atoms with Crippen molar-refractivity contribution in [3.63, 3.8) is 0 Å². The molecule has 0 saturated carbocycles. The number of benzene rings is 3. The van der Waals surface area contributed by atoms with Crippen molar-refractivity contribution in [3.8, 4) is 5.69 Å². The topological polar surface area (TPSA) is 83.8 Å². The molecule has 0 spiro atoms. The van der Waals surface area contributed by atoms with Crippen LogP contribution in [-0.2, 0) is 14.8 Å². The maximum Gasteiger partial charge on any atom is 0.264 e. The van der Waals surface area contributed by atoms with Gasteiger partial charge in [-0.15, -0.1) is 0 Å². The third-order valence-corrected chi connectivity index (χ3v) is 8.73. The maximum atomic E-state index is 13.7. The first-order chi connectivity index (χ1) is 18.5. The first-order valence-corrected chi connectivity index (χ1v) is 14.6. The second-order valence-corrected chi connectivity index (χ2v) is 12.3. The first kappa shape index (κ1) is 28.3. The molecule has 0 radical (unpaired) electrons. The van der Waals surface area contributed by atoms with Crippen LogP contribution in [0.1, 0.15) is 33.6 Å². The monoisotopic (exact) mass is 606 g/mol. The van der Waals surface area contributed by atoms with Gasteiger partial charge < -0.3 is 4.57 Å². The van der Waals surface area contributed by atoms with Gasteiger partial charge in [-0.25, -0.2) is 13.8 Å². The Labute approximate surface area is 238 Å². The highest BCUT2D eigenvalue weighted by molar-refractivity contribution is 9.10. The van der Waals surface area contributed by atoms with Gasteiger partial charge in [-0.3, -0.25) is 9.10 Å². The predicted molar refractivity (Wildman–Crippen MR) is 160 cm³/mol. The fourth-order valence-corrected chi connectivity index (χ4v) is 6.26. The molecule has 1 amide bonds. The van der Waals surface area contributed by atoms with Crippen LogP contribution < -0.4 is 9.73 Å².